The summed E-state index contributed by atoms with van der Waals surface area (Å²) in [6.45, 7) is 14.2. The number of benzene rings is 2. The van der Waals surface area contributed by atoms with E-state index < -0.39 is 16.8 Å². The molecule has 2 heteroatoms. The van der Waals surface area contributed by atoms with Gasteiger partial charge in [-0.05, 0) is 69.4 Å². The van der Waals surface area contributed by atoms with Gasteiger partial charge in [0.1, 0.15) is 0 Å². The third-order valence-corrected chi connectivity index (χ3v) is 6.01. The summed E-state index contributed by atoms with van der Waals surface area (Å²) in [5, 5.41) is 13.3. The van der Waals surface area contributed by atoms with E-state index in [2.05, 4.69) is 56.8 Å². The van der Waals surface area contributed by atoms with Gasteiger partial charge in [-0.3, -0.25) is 0 Å². The molecule has 0 aliphatic heterocycles. The van der Waals surface area contributed by atoms with Gasteiger partial charge in [0.15, 0.2) is 0 Å². The van der Waals surface area contributed by atoms with Crippen LogP contribution in [0.25, 0.3) is 16.3 Å². The van der Waals surface area contributed by atoms with Gasteiger partial charge in [0.25, 0.3) is 0 Å². The Bertz CT molecular complexity index is 818. The monoisotopic (exact) mass is 352 g/mol. The van der Waals surface area contributed by atoms with Gasteiger partial charge >= 0.3 is 0 Å². The van der Waals surface area contributed by atoms with Gasteiger partial charge in [0.2, 0.25) is 0 Å². The standard InChI is InChI=1S/C24H32O2/c1-17(2)18-11-9-13-20-19(18)12-10-14-21(20)22(3,4)26-24(23(5,6)25)15-7-8-16-24/h9-14,25H,1,7-8,15-16H2,2-6H3. The predicted octanol–water partition coefficient (Wildman–Crippen LogP) is 6.21. The molecule has 1 saturated carbocycles. The second-order valence-electron chi connectivity index (χ2n) is 8.86. The maximum absolute atomic E-state index is 10.9. The van der Waals surface area contributed by atoms with Crippen molar-refractivity contribution < 1.29 is 9.84 Å². The number of ether oxygens (including phenoxy) is 1. The van der Waals surface area contributed by atoms with Crippen LogP contribution in [0.2, 0.25) is 0 Å². The molecule has 0 radical (unpaired) electrons. The lowest BCUT2D eigenvalue weighted by atomic mass is 9.82. The number of allylic oxidation sites excluding steroid dienone is 1. The van der Waals surface area contributed by atoms with E-state index in [-0.39, 0.29) is 0 Å². The summed E-state index contributed by atoms with van der Waals surface area (Å²) in [6.07, 6.45) is 4.02. The van der Waals surface area contributed by atoms with Crippen LogP contribution in [0.1, 0.15) is 71.4 Å². The van der Waals surface area contributed by atoms with Gasteiger partial charge in [-0.2, -0.15) is 0 Å². The Morgan fingerprint density at radius 3 is 2.15 bits per heavy atom. The normalized spacial score (nSPS) is 17.6. The molecule has 0 bridgehead atoms. The largest absolute Gasteiger partial charge is 0.387 e. The zero-order valence-corrected chi connectivity index (χ0v) is 16.9. The summed E-state index contributed by atoms with van der Waals surface area (Å²) in [4.78, 5) is 0. The average molecular weight is 353 g/mol. The first-order valence-corrected chi connectivity index (χ1v) is 9.68. The van der Waals surface area contributed by atoms with E-state index in [0.29, 0.717) is 0 Å². The average Bonchev–Trinajstić information content (AvgIpc) is 3.02. The van der Waals surface area contributed by atoms with Crippen LogP contribution in [0.5, 0.6) is 0 Å². The zero-order valence-electron chi connectivity index (χ0n) is 16.9. The van der Waals surface area contributed by atoms with Crippen molar-refractivity contribution in [3.63, 3.8) is 0 Å². The molecule has 0 heterocycles. The molecule has 0 spiro atoms. The van der Waals surface area contributed by atoms with Gasteiger partial charge in [-0.25, -0.2) is 0 Å². The highest BCUT2D eigenvalue weighted by Gasteiger charge is 2.50. The molecular weight excluding hydrogens is 320 g/mol. The Balaban J connectivity index is 2.10. The number of hydrogen-bond donors (Lipinski definition) is 1. The summed E-state index contributed by atoms with van der Waals surface area (Å²) in [6, 6.07) is 12.8. The summed E-state index contributed by atoms with van der Waals surface area (Å²) < 4.78 is 6.77. The Hall–Kier alpha value is -1.64. The van der Waals surface area contributed by atoms with E-state index in [9.17, 15) is 5.11 Å². The molecule has 2 aromatic carbocycles. The molecule has 26 heavy (non-hydrogen) atoms. The molecule has 1 fully saturated rings. The van der Waals surface area contributed by atoms with Crippen molar-refractivity contribution >= 4 is 16.3 Å². The highest BCUT2D eigenvalue weighted by atomic mass is 16.5. The lowest BCUT2D eigenvalue weighted by molar-refractivity contribution is -0.221. The predicted molar refractivity (Wildman–Crippen MR) is 110 cm³/mol. The second kappa shape index (κ2) is 6.51. The molecule has 1 aliphatic rings. The molecular formula is C24H32O2. The first kappa shape index (κ1) is 19.1. The highest BCUT2D eigenvalue weighted by Crippen LogP contribution is 2.47. The van der Waals surface area contributed by atoms with Gasteiger partial charge in [-0.1, -0.05) is 61.4 Å². The SMILES string of the molecule is C=C(C)c1cccc2c(C(C)(C)OC3(C(C)(C)O)CCCC3)cccc12. The Morgan fingerprint density at radius 1 is 1.00 bits per heavy atom. The maximum Gasteiger partial charge on any atom is 0.0974 e. The first-order valence-electron chi connectivity index (χ1n) is 9.68. The number of fused-ring (bicyclic) bond motifs is 1. The zero-order chi connectivity index (χ0) is 19.2. The Morgan fingerprint density at radius 2 is 1.58 bits per heavy atom. The molecule has 1 aliphatic carbocycles. The van der Waals surface area contributed by atoms with Gasteiger partial charge < -0.3 is 9.84 Å². The fourth-order valence-corrected chi connectivity index (χ4v) is 4.54. The van der Waals surface area contributed by atoms with Crippen LogP contribution in [0.15, 0.2) is 43.0 Å². The molecule has 2 aromatic rings. The molecule has 0 unspecified atom stereocenters. The van der Waals surface area contributed by atoms with Crippen molar-refractivity contribution in [1.82, 2.24) is 0 Å². The second-order valence-corrected chi connectivity index (χ2v) is 8.86. The minimum Gasteiger partial charge on any atom is -0.387 e. The molecule has 140 valence electrons. The van der Waals surface area contributed by atoms with E-state index in [1.54, 1.807) is 0 Å². The molecule has 2 nitrogen and oxygen atoms in total. The van der Waals surface area contributed by atoms with Crippen LogP contribution < -0.4 is 0 Å². The maximum atomic E-state index is 10.9. The van der Waals surface area contributed by atoms with E-state index in [0.717, 1.165) is 36.8 Å². The quantitative estimate of drug-likeness (QED) is 0.693. The molecule has 0 amide bonds. The van der Waals surface area contributed by atoms with Crippen molar-refractivity contribution in [2.24, 2.45) is 0 Å². The van der Waals surface area contributed by atoms with Crippen LogP contribution in [0.3, 0.4) is 0 Å². The van der Waals surface area contributed by atoms with Gasteiger partial charge in [-0.15, -0.1) is 0 Å². The van der Waals surface area contributed by atoms with Crippen LogP contribution in [-0.2, 0) is 10.3 Å². The fraction of sp³-hybridized carbons (Fsp3) is 0.500. The third-order valence-electron chi connectivity index (χ3n) is 6.01. The Labute approximate surface area is 157 Å². The highest BCUT2D eigenvalue weighted by molar-refractivity contribution is 5.95. The third kappa shape index (κ3) is 3.21. The van der Waals surface area contributed by atoms with Crippen molar-refractivity contribution in [3.05, 3.63) is 54.1 Å². The number of rotatable bonds is 5. The van der Waals surface area contributed by atoms with Crippen molar-refractivity contribution in [2.45, 2.75) is 77.1 Å². The summed E-state index contributed by atoms with van der Waals surface area (Å²) in [5.41, 5.74) is 1.54. The van der Waals surface area contributed by atoms with E-state index in [1.807, 2.05) is 20.8 Å². The minimum atomic E-state index is -0.867. The number of aliphatic hydroxyl groups is 1. The van der Waals surface area contributed by atoms with Crippen molar-refractivity contribution in [3.8, 4) is 0 Å². The molecule has 0 saturated heterocycles. The van der Waals surface area contributed by atoms with Gasteiger partial charge in [0.05, 0.1) is 16.8 Å². The molecule has 0 aromatic heterocycles. The summed E-state index contributed by atoms with van der Waals surface area (Å²) in [7, 11) is 0. The minimum absolute atomic E-state index is 0.495. The molecule has 3 rings (SSSR count). The van der Waals surface area contributed by atoms with Crippen molar-refractivity contribution in [1.29, 1.82) is 0 Å². The smallest absolute Gasteiger partial charge is 0.0974 e. The van der Waals surface area contributed by atoms with E-state index in [4.69, 9.17) is 4.74 Å². The van der Waals surface area contributed by atoms with Crippen LogP contribution in [0.4, 0.5) is 0 Å². The fourth-order valence-electron chi connectivity index (χ4n) is 4.54. The molecule has 1 N–H and O–H groups in total. The van der Waals surface area contributed by atoms with Crippen LogP contribution in [0, 0.1) is 0 Å². The summed E-state index contributed by atoms with van der Waals surface area (Å²) in [5.74, 6) is 0. The van der Waals surface area contributed by atoms with E-state index in [1.165, 1.54) is 16.3 Å². The van der Waals surface area contributed by atoms with E-state index >= 15 is 0 Å². The lowest BCUT2D eigenvalue weighted by Gasteiger charge is -2.46. The topological polar surface area (TPSA) is 29.5 Å². The van der Waals surface area contributed by atoms with Crippen molar-refractivity contribution in [2.75, 3.05) is 0 Å². The summed E-state index contributed by atoms with van der Waals surface area (Å²) >= 11 is 0. The molecule has 0 atom stereocenters. The first-order chi connectivity index (χ1) is 12.1. The number of hydrogen-bond acceptors (Lipinski definition) is 2. The Kier molecular flexibility index (Phi) is 4.79. The van der Waals surface area contributed by atoms with Crippen LogP contribution >= 0.6 is 0 Å². The van der Waals surface area contributed by atoms with Gasteiger partial charge in [0, 0.05) is 0 Å². The lowest BCUT2D eigenvalue weighted by Crippen LogP contribution is -2.53. The van der Waals surface area contributed by atoms with Crippen LogP contribution in [-0.4, -0.2) is 16.3 Å².